The minimum absolute atomic E-state index is 0. The Hall–Kier alpha value is -1.89. The van der Waals surface area contributed by atoms with Gasteiger partial charge in [-0.05, 0) is 20.8 Å². The van der Waals surface area contributed by atoms with E-state index < -0.39 is 0 Å². The predicted molar refractivity (Wildman–Crippen MR) is 77.2 cm³/mol. The molecule has 0 bridgehead atoms. The molecule has 0 aliphatic carbocycles. The van der Waals surface area contributed by atoms with E-state index in [0.29, 0.717) is 5.57 Å². The number of Topliss-reactive ketones (excluding diaryl/α,β-unsaturated/α-hetero) is 1. The molecule has 0 fully saturated rings. The van der Waals surface area contributed by atoms with Gasteiger partial charge in [-0.1, -0.05) is 66.8 Å². The van der Waals surface area contributed by atoms with Crippen molar-refractivity contribution in [2.75, 3.05) is 0 Å². The van der Waals surface area contributed by atoms with Crippen molar-refractivity contribution in [1.82, 2.24) is 0 Å². The van der Waals surface area contributed by atoms with E-state index in [2.05, 4.69) is 51.3 Å². The minimum Gasteiger partial charge on any atom is -0.295 e. The van der Waals surface area contributed by atoms with E-state index in [-0.39, 0.29) is 7.21 Å². The Morgan fingerprint density at radius 2 is 1.53 bits per heavy atom. The van der Waals surface area contributed by atoms with E-state index in [1.807, 2.05) is 0 Å². The highest BCUT2D eigenvalue weighted by Gasteiger charge is 1.93. The van der Waals surface area contributed by atoms with Gasteiger partial charge >= 0.3 is 0 Å². The van der Waals surface area contributed by atoms with Crippen LogP contribution in [0.5, 0.6) is 0 Å². The smallest absolute Gasteiger partial charge is 0.159 e. The molecule has 0 aromatic heterocycles. The molecule has 0 saturated heterocycles. The van der Waals surface area contributed by atoms with Crippen LogP contribution in [0.3, 0.4) is 0 Å². The summed E-state index contributed by atoms with van der Waals surface area (Å²) >= 11 is 0. The quantitative estimate of drug-likeness (QED) is 0.555. The molecule has 0 amide bonds. The van der Waals surface area contributed by atoms with Gasteiger partial charge in [0.1, 0.15) is 0 Å². The lowest BCUT2D eigenvalue weighted by Gasteiger charge is -1.90. The summed E-state index contributed by atoms with van der Waals surface area (Å²) in [6.45, 7) is 12.6. The molecule has 0 heterocycles. The van der Waals surface area contributed by atoms with Crippen LogP contribution in [-0.2, 0) is 4.79 Å². The fraction of sp³-hybridized carbons (Fsp3) is 0.188. The van der Waals surface area contributed by atoms with Crippen LogP contribution in [0.25, 0.3) is 0 Å². The van der Waals surface area contributed by atoms with E-state index in [1.54, 1.807) is 12.2 Å². The van der Waals surface area contributed by atoms with Crippen molar-refractivity contribution < 1.29 is 6.22 Å². The maximum atomic E-state index is 10.6. The summed E-state index contributed by atoms with van der Waals surface area (Å²) in [6.07, 6.45) is 4.72. The number of ketones is 1. The summed E-state index contributed by atoms with van der Waals surface area (Å²) in [5.74, 6) is 0.0184. The van der Waals surface area contributed by atoms with Gasteiger partial charge in [-0.25, -0.2) is 0 Å². The molecule has 0 radical (unpaired) electrons. The van der Waals surface area contributed by atoms with Crippen LogP contribution in [0.4, 0.5) is 0 Å². The van der Waals surface area contributed by atoms with Gasteiger partial charge in [-0.2, -0.15) is 0 Å². The Morgan fingerprint density at radius 1 is 1.12 bits per heavy atom. The number of hydrogen-bond acceptors (Lipinski definition) is 1. The van der Waals surface area contributed by atoms with Crippen LogP contribution >= 0.6 is 0 Å². The summed E-state index contributed by atoms with van der Waals surface area (Å²) in [5.41, 5.74) is 3.26. The largest absolute Gasteiger partial charge is 0.295 e. The Bertz CT molecular complexity index is 392. The molecule has 0 aliphatic rings. The van der Waals surface area contributed by atoms with Gasteiger partial charge in [0.05, 0.1) is 0 Å². The lowest BCUT2D eigenvalue weighted by molar-refractivity contribution is -0.113. The Balaban J connectivity index is 0. The fourth-order valence-electron chi connectivity index (χ4n) is 1.09. The molecule has 1 aromatic rings. The molecule has 1 nitrogen and oxygen atoms in total. The summed E-state index contributed by atoms with van der Waals surface area (Å²) in [5, 5.41) is 0. The third-order valence-corrected chi connectivity index (χ3v) is 2.14. The molecule has 0 spiro atoms. The molecule has 1 heteroatoms. The van der Waals surface area contributed by atoms with Crippen LogP contribution in [0.1, 0.15) is 19.5 Å². The lowest BCUT2D eigenvalue weighted by atomic mass is 10.2. The van der Waals surface area contributed by atoms with Crippen molar-refractivity contribution in [2.24, 2.45) is 0 Å². The topological polar surface area (TPSA) is 17.1 Å². The second-order valence-corrected chi connectivity index (χ2v) is 3.77. The minimum atomic E-state index is 0. The van der Waals surface area contributed by atoms with Crippen molar-refractivity contribution in [2.45, 2.75) is 20.8 Å². The van der Waals surface area contributed by atoms with Crippen molar-refractivity contribution in [3.05, 3.63) is 72.4 Å². The maximum Gasteiger partial charge on any atom is 0.159 e. The van der Waals surface area contributed by atoms with Crippen molar-refractivity contribution in [1.29, 1.82) is 0 Å². The lowest BCUT2D eigenvalue weighted by Crippen LogP contribution is -1.90. The SMILES string of the molecule is C=C/C=C(\C=C)C(C)=O.Cc1ccc(C)cc1.[HH]. The van der Waals surface area contributed by atoms with Crippen molar-refractivity contribution in [3.63, 3.8) is 0 Å². The first kappa shape index (κ1) is 15.1. The van der Waals surface area contributed by atoms with Crippen LogP contribution in [0.2, 0.25) is 0 Å². The molecule has 1 rings (SSSR count). The third kappa shape index (κ3) is 7.07. The molecule has 0 N–H and O–H groups in total. The predicted octanol–water partition coefficient (Wildman–Crippen LogP) is 4.42. The van der Waals surface area contributed by atoms with E-state index in [4.69, 9.17) is 0 Å². The monoisotopic (exact) mass is 230 g/mol. The molecule has 1 aromatic carbocycles. The van der Waals surface area contributed by atoms with E-state index >= 15 is 0 Å². The molecule has 0 aliphatic heterocycles. The summed E-state index contributed by atoms with van der Waals surface area (Å²) in [4.78, 5) is 10.6. The average Bonchev–Trinajstić information content (AvgIpc) is 2.30. The zero-order chi connectivity index (χ0) is 13.3. The van der Waals surface area contributed by atoms with E-state index in [9.17, 15) is 4.79 Å². The summed E-state index contributed by atoms with van der Waals surface area (Å²) in [7, 11) is 0. The first-order chi connectivity index (χ1) is 8.01. The van der Waals surface area contributed by atoms with E-state index in [0.717, 1.165) is 0 Å². The van der Waals surface area contributed by atoms with Gasteiger partial charge in [0.15, 0.2) is 5.78 Å². The summed E-state index contributed by atoms with van der Waals surface area (Å²) < 4.78 is 0. The van der Waals surface area contributed by atoms with Gasteiger partial charge in [0, 0.05) is 7.00 Å². The van der Waals surface area contributed by atoms with Crippen LogP contribution < -0.4 is 0 Å². The molecule has 0 atom stereocenters. The van der Waals surface area contributed by atoms with Crippen LogP contribution in [0, 0.1) is 13.8 Å². The maximum absolute atomic E-state index is 10.6. The highest BCUT2D eigenvalue weighted by atomic mass is 16.1. The molecule has 0 saturated carbocycles. The first-order valence-corrected chi connectivity index (χ1v) is 5.50. The first-order valence-electron chi connectivity index (χ1n) is 5.50. The molecule has 17 heavy (non-hydrogen) atoms. The van der Waals surface area contributed by atoms with Gasteiger partial charge in [-0.3, -0.25) is 4.79 Å². The van der Waals surface area contributed by atoms with Gasteiger partial charge in [0.2, 0.25) is 0 Å². The summed E-state index contributed by atoms with van der Waals surface area (Å²) in [6, 6.07) is 8.48. The normalized spacial score (nSPS) is 9.94. The fourth-order valence-corrected chi connectivity index (χ4v) is 1.09. The standard InChI is InChI=1S/C8H10O.C8H10.H2/c1-4-6-8(5-2)7(3)9;1-7-3-5-8(2)6-4-7;/h4-6H,1-2H2,3H3;3-6H,1-2H3;1H/b8-6+;;. The number of allylic oxidation sites excluding steroid dienone is 4. The second kappa shape index (κ2) is 8.28. The third-order valence-electron chi connectivity index (χ3n) is 2.14. The van der Waals surface area contributed by atoms with Gasteiger partial charge in [-0.15, -0.1) is 0 Å². The molecule has 0 unspecified atom stereocenters. The van der Waals surface area contributed by atoms with Crippen LogP contribution in [-0.4, -0.2) is 5.78 Å². The van der Waals surface area contributed by atoms with Crippen molar-refractivity contribution in [3.8, 4) is 0 Å². The Kier molecular flexibility index (Phi) is 7.36. The zero-order valence-corrected chi connectivity index (χ0v) is 10.9. The number of hydrogen-bond donors (Lipinski definition) is 0. The highest BCUT2D eigenvalue weighted by molar-refractivity contribution is 5.96. The molecular formula is C16H22O. The number of benzene rings is 1. The molecule has 92 valence electrons. The van der Waals surface area contributed by atoms with Gasteiger partial charge < -0.3 is 0 Å². The number of carbonyl (C=O) groups is 1. The van der Waals surface area contributed by atoms with Gasteiger partial charge in [0.25, 0.3) is 0 Å². The average molecular weight is 230 g/mol. The Morgan fingerprint density at radius 3 is 1.71 bits per heavy atom. The highest BCUT2D eigenvalue weighted by Crippen LogP contribution is 1.99. The Labute approximate surface area is 106 Å². The van der Waals surface area contributed by atoms with Crippen molar-refractivity contribution >= 4 is 5.78 Å². The number of aryl methyl sites for hydroxylation is 2. The number of carbonyl (C=O) groups excluding carboxylic acids is 1. The van der Waals surface area contributed by atoms with E-state index in [1.165, 1.54) is 24.1 Å². The molecular weight excluding hydrogens is 208 g/mol. The number of rotatable bonds is 3. The second-order valence-electron chi connectivity index (χ2n) is 3.77. The van der Waals surface area contributed by atoms with Crippen LogP contribution in [0.15, 0.2) is 61.2 Å². The zero-order valence-electron chi connectivity index (χ0n) is 10.9.